The van der Waals surface area contributed by atoms with E-state index in [1.54, 1.807) is 31.4 Å². The Morgan fingerprint density at radius 1 is 1.10 bits per heavy atom. The molecule has 0 aromatic heterocycles. The number of rotatable bonds is 3. The zero-order valence-corrected chi connectivity index (χ0v) is 12.5. The fourth-order valence-corrected chi connectivity index (χ4v) is 4.63. The van der Waals surface area contributed by atoms with Gasteiger partial charge in [0.15, 0.2) is 9.84 Å². The van der Waals surface area contributed by atoms with Crippen LogP contribution < -0.4 is 10.5 Å². The van der Waals surface area contributed by atoms with E-state index in [2.05, 4.69) is 0 Å². The lowest BCUT2D eigenvalue weighted by molar-refractivity contribution is 0.414. The summed E-state index contributed by atoms with van der Waals surface area (Å²) in [5.74, 6) is 0.632. The van der Waals surface area contributed by atoms with Gasteiger partial charge < -0.3 is 10.5 Å². The number of methoxy groups -OCH3 is 1. The van der Waals surface area contributed by atoms with Crippen LogP contribution in [0.1, 0.15) is 17.2 Å². The minimum Gasteiger partial charge on any atom is -0.497 e. The number of sulfone groups is 1. The van der Waals surface area contributed by atoms with Crippen molar-refractivity contribution in [1.29, 1.82) is 0 Å². The summed E-state index contributed by atoms with van der Waals surface area (Å²) in [5.41, 5.74) is 8.12. The molecular formula is C16H17NO3S. The van der Waals surface area contributed by atoms with Gasteiger partial charge in [0, 0.05) is 6.04 Å². The van der Waals surface area contributed by atoms with Gasteiger partial charge >= 0.3 is 0 Å². The number of fused-ring (bicyclic) bond motifs is 1. The summed E-state index contributed by atoms with van der Waals surface area (Å²) in [4.78, 5) is 0.288. The van der Waals surface area contributed by atoms with Gasteiger partial charge in [-0.25, -0.2) is 8.42 Å². The molecule has 2 atom stereocenters. The van der Waals surface area contributed by atoms with Gasteiger partial charge in [0.1, 0.15) is 5.75 Å². The molecule has 2 aromatic carbocycles. The molecule has 21 heavy (non-hydrogen) atoms. The number of hydrogen-bond acceptors (Lipinski definition) is 4. The first kappa shape index (κ1) is 14.1. The van der Waals surface area contributed by atoms with E-state index in [9.17, 15) is 8.42 Å². The van der Waals surface area contributed by atoms with Gasteiger partial charge in [0.2, 0.25) is 0 Å². The van der Waals surface area contributed by atoms with E-state index in [0.717, 1.165) is 11.1 Å². The summed E-state index contributed by atoms with van der Waals surface area (Å²) in [6, 6.07) is 13.6. The highest BCUT2D eigenvalue weighted by molar-refractivity contribution is 7.92. The Bertz CT molecular complexity index is 753. The van der Waals surface area contributed by atoms with Gasteiger partial charge in [-0.05, 0) is 41.8 Å². The molecule has 0 heterocycles. The van der Waals surface area contributed by atoms with Crippen LogP contribution in [0.25, 0.3) is 0 Å². The van der Waals surface area contributed by atoms with Crippen LogP contribution in [-0.2, 0) is 16.3 Å². The predicted molar refractivity (Wildman–Crippen MR) is 81.0 cm³/mol. The van der Waals surface area contributed by atoms with Crippen LogP contribution in [0.5, 0.6) is 5.75 Å². The van der Waals surface area contributed by atoms with Gasteiger partial charge in [0.05, 0.1) is 17.3 Å². The quantitative estimate of drug-likeness (QED) is 0.942. The van der Waals surface area contributed by atoms with Crippen molar-refractivity contribution in [3.8, 4) is 5.75 Å². The molecule has 5 heteroatoms. The second-order valence-corrected chi connectivity index (χ2v) is 7.35. The Morgan fingerprint density at radius 2 is 1.76 bits per heavy atom. The standard InChI is InChI=1S/C16H17NO3S/c1-20-12-6-8-13(9-7-12)21(18,19)15-10-11-4-2-3-5-14(11)16(15)17/h2-9,15-16H,10,17H2,1H3. The van der Waals surface area contributed by atoms with E-state index in [4.69, 9.17) is 10.5 Å². The molecule has 2 unspecified atom stereocenters. The van der Waals surface area contributed by atoms with Gasteiger partial charge in [-0.3, -0.25) is 0 Å². The fraction of sp³-hybridized carbons (Fsp3) is 0.250. The van der Waals surface area contributed by atoms with Crippen LogP contribution in [0, 0.1) is 0 Å². The zero-order valence-electron chi connectivity index (χ0n) is 11.7. The summed E-state index contributed by atoms with van der Waals surface area (Å²) in [5, 5.41) is -0.608. The third-order valence-corrected chi connectivity index (χ3v) is 6.21. The Labute approximate surface area is 124 Å². The molecule has 0 saturated heterocycles. The lowest BCUT2D eigenvalue weighted by atomic mass is 10.1. The van der Waals surface area contributed by atoms with Crippen molar-refractivity contribution in [2.75, 3.05) is 7.11 Å². The molecule has 1 aliphatic rings. The Hall–Kier alpha value is -1.85. The highest BCUT2D eigenvalue weighted by atomic mass is 32.2. The predicted octanol–water partition coefficient (Wildman–Crippen LogP) is 2.09. The van der Waals surface area contributed by atoms with Crippen molar-refractivity contribution in [3.05, 3.63) is 59.7 Å². The van der Waals surface area contributed by atoms with Gasteiger partial charge in [-0.1, -0.05) is 24.3 Å². The summed E-state index contributed by atoms with van der Waals surface area (Å²) >= 11 is 0. The first-order chi connectivity index (χ1) is 10.0. The lowest BCUT2D eigenvalue weighted by Gasteiger charge is -2.17. The number of ether oxygens (including phenoxy) is 1. The number of nitrogens with two attached hydrogens (primary N) is 1. The minimum absolute atomic E-state index is 0.288. The Morgan fingerprint density at radius 3 is 2.38 bits per heavy atom. The molecule has 2 N–H and O–H groups in total. The maximum absolute atomic E-state index is 12.8. The van der Waals surface area contributed by atoms with Crippen molar-refractivity contribution in [1.82, 2.24) is 0 Å². The molecular weight excluding hydrogens is 286 g/mol. The van der Waals surface area contributed by atoms with E-state index in [1.807, 2.05) is 24.3 Å². The largest absolute Gasteiger partial charge is 0.497 e. The monoisotopic (exact) mass is 303 g/mol. The van der Waals surface area contributed by atoms with E-state index in [0.29, 0.717) is 12.2 Å². The van der Waals surface area contributed by atoms with Crippen LogP contribution in [0.3, 0.4) is 0 Å². The molecule has 0 saturated carbocycles. The second-order valence-electron chi connectivity index (χ2n) is 5.19. The van der Waals surface area contributed by atoms with Crippen molar-refractivity contribution in [2.45, 2.75) is 22.6 Å². The summed E-state index contributed by atoms with van der Waals surface area (Å²) in [6.45, 7) is 0. The average molecular weight is 303 g/mol. The van der Waals surface area contributed by atoms with Crippen LogP contribution in [0.15, 0.2) is 53.4 Å². The molecule has 0 amide bonds. The van der Waals surface area contributed by atoms with Crippen molar-refractivity contribution in [2.24, 2.45) is 5.73 Å². The highest BCUT2D eigenvalue weighted by Gasteiger charge is 2.39. The van der Waals surface area contributed by atoms with Crippen molar-refractivity contribution < 1.29 is 13.2 Å². The molecule has 1 aliphatic carbocycles. The summed E-state index contributed by atoms with van der Waals surface area (Å²) < 4.78 is 30.6. The SMILES string of the molecule is COc1ccc(S(=O)(=O)C2Cc3ccccc3C2N)cc1. The fourth-order valence-electron chi connectivity index (χ4n) is 2.83. The van der Waals surface area contributed by atoms with Crippen molar-refractivity contribution in [3.63, 3.8) is 0 Å². The average Bonchev–Trinajstić information content (AvgIpc) is 2.86. The third kappa shape index (κ3) is 2.32. The summed E-state index contributed by atoms with van der Waals surface area (Å²) in [7, 11) is -1.91. The zero-order chi connectivity index (χ0) is 15.0. The normalized spacial score (nSPS) is 21.0. The topological polar surface area (TPSA) is 69.4 Å². The lowest BCUT2D eigenvalue weighted by Crippen LogP contribution is -2.30. The molecule has 0 radical (unpaired) electrons. The van der Waals surface area contributed by atoms with E-state index < -0.39 is 21.1 Å². The van der Waals surface area contributed by atoms with Gasteiger partial charge in [0.25, 0.3) is 0 Å². The van der Waals surface area contributed by atoms with Crippen LogP contribution in [-0.4, -0.2) is 20.8 Å². The molecule has 4 nitrogen and oxygen atoms in total. The molecule has 3 rings (SSSR count). The van der Waals surface area contributed by atoms with Crippen LogP contribution in [0.2, 0.25) is 0 Å². The number of hydrogen-bond donors (Lipinski definition) is 1. The molecule has 0 aliphatic heterocycles. The van der Waals surface area contributed by atoms with Gasteiger partial charge in [-0.2, -0.15) is 0 Å². The molecule has 110 valence electrons. The summed E-state index contributed by atoms with van der Waals surface area (Å²) in [6.07, 6.45) is 0.464. The molecule has 0 fully saturated rings. The number of benzene rings is 2. The third-order valence-electron chi connectivity index (χ3n) is 4.02. The van der Waals surface area contributed by atoms with Crippen LogP contribution in [0.4, 0.5) is 0 Å². The molecule has 2 aromatic rings. The highest BCUT2D eigenvalue weighted by Crippen LogP contribution is 2.36. The van der Waals surface area contributed by atoms with E-state index in [1.165, 1.54) is 0 Å². The first-order valence-electron chi connectivity index (χ1n) is 6.75. The first-order valence-corrected chi connectivity index (χ1v) is 8.30. The van der Waals surface area contributed by atoms with Crippen molar-refractivity contribution >= 4 is 9.84 Å². The maximum atomic E-state index is 12.8. The minimum atomic E-state index is -3.46. The smallest absolute Gasteiger partial charge is 0.183 e. The van der Waals surface area contributed by atoms with E-state index in [-0.39, 0.29) is 4.90 Å². The maximum Gasteiger partial charge on any atom is 0.183 e. The Kier molecular flexibility index (Phi) is 3.47. The Balaban J connectivity index is 1.96. The van der Waals surface area contributed by atoms with E-state index >= 15 is 0 Å². The second kappa shape index (κ2) is 5.16. The molecule has 0 bridgehead atoms. The van der Waals surface area contributed by atoms with Crippen LogP contribution >= 0.6 is 0 Å². The molecule has 0 spiro atoms. The van der Waals surface area contributed by atoms with Gasteiger partial charge in [-0.15, -0.1) is 0 Å².